The third-order valence-corrected chi connectivity index (χ3v) is 2.35. The van der Waals surface area contributed by atoms with Crippen LogP contribution in [0.15, 0.2) is 24.3 Å². The molecule has 0 amide bonds. The fraction of sp³-hybridized carbons (Fsp3) is 0.222. The molecule has 1 rings (SSSR count). The fourth-order valence-electron chi connectivity index (χ4n) is 0.973. The standard InChI is InChI=1S/C9H10BrNO4S/c1-16(13,14)11-7-2-4-8(5-3-7)15-6-9(10)12/h2-5,11H,6H2,1H3. The number of carbonyl (C=O) groups excluding carboxylic acids is 1. The number of halogens is 1. The van der Waals surface area contributed by atoms with E-state index in [0.29, 0.717) is 11.4 Å². The number of hydrogen-bond acceptors (Lipinski definition) is 4. The van der Waals surface area contributed by atoms with Crippen LogP contribution in [0.25, 0.3) is 0 Å². The maximum absolute atomic E-state index is 10.9. The Morgan fingerprint density at radius 1 is 1.38 bits per heavy atom. The first-order valence-corrected chi connectivity index (χ1v) is 6.94. The van der Waals surface area contributed by atoms with Gasteiger partial charge in [0.05, 0.1) is 6.26 Å². The molecular weight excluding hydrogens is 298 g/mol. The Hall–Kier alpha value is -1.08. The summed E-state index contributed by atoms with van der Waals surface area (Å²) in [7, 11) is -3.27. The largest absolute Gasteiger partial charge is 0.485 e. The highest BCUT2D eigenvalue weighted by Gasteiger charge is 2.02. The van der Waals surface area contributed by atoms with E-state index in [2.05, 4.69) is 20.7 Å². The van der Waals surface area contributed by atoms with E-state index in [-0.39, 0.29) is 11.3 Å². The summed E-state index contributed by atoms with van der Waals surface area (Å²) in [6, 6.07) is 6.25. The van der Waals surface area contributed by atoms with Crippen LogP contribution in [-0.4, -0.2) is 26.0 Å². The van der Waals surface area contributed by atoms with Crippen molar-refractivity contribution in [1.29, 1.82) is 0 Å². The van der Waals surface area contributed by atoms with E-state index in [1.54, 1.807) is 24.3 Å². The number of benzene rings is 1. The van der Waals surface area contributed by atoms with Crippen molar-refractivity contribution in [2.24, 2.45) is 0 Å². The Balaban J connectivity index is 2.64. The Bertz CT molecular complexity index is 469. The lowest BCUT2D eigenvalue weighted by atomic mass is 10.3. The van der Waals surface area contributed by atoms with Crippen LogP contribution in [-0.2, 0) is 14.8 Å². The molecule has 0 bridgehead atoms. The number of nitrogens with one attached hydrogen (secondary N) is 1. The molecule has 88 valence electrons. The maximum Gasteiger partial charge on any atom is 0.235 e. The van der Waals surface area contributed by atoms with E-state index in [0.717, 1.165) is 6.26 Å². The maximum atomic E-state index is 10.9. The summed E-state index contributed by atoms with van der Waals surface area (Å²) >= 11 is 2.73. The first-order valence-electron chi connectivity index (χ1n) is 4.26. The second-order valence-electron chi connectivity index (χ2n) is 3.04. The minimum absolute atomic E-state index is 0.0706. The van der Waals surface area contributed by atoms with E-state index in [1.165, 1.54) is 0 Å². The zero-order valence-corrected chi connectivity index (χ0v) is 10.8. The van der Waals surface area contributed by atoms with Gasteiger partial charge in [0.2, 0.25) is 14.7 Å². The summed E-state index contributed by atoms with van der Waals surface area (Å²) in [5.41, 5.74) is 0.444. The van der Waals surface area contributed by atoms with Gasteiger partial charge in [-0.1, -0.05) is 0 Å². The summed E-state index contributed by atoms with van der Waals surface area (Å²) in [5, 5.41) is 0. The van der Waals surface area contributed by atoms with E-state index in [9.17, 15) is 13.2 Å². The molecule has 0 aromatic heterocycles. The predicted octanol–water partition coefficient (Wildman–Crippen LogP) is 1.36. The molecule has 0 radical (unpaired) electrons. The van der Waals surface area contributed by atoms with Crippen molar-refractivity contribution in [3.8, 4) is 5.75 Å². The van der Waals surface area contributed by atoms with Crippen LogP contribution in [0.5, 0.6) is 5.75 Å². The lowest BCUT2D eigenvalue weighted by Gasteiger charge is -2.06. The Labute approximate surface area is 102 Å². The van der Waals surface area contributed by atoms with Crippen LogP contribution in [0.2, 0.25) is 0 Å². The highest BCUT2D eigenvalue weighted by Crippen LogP contribution is 2.16. The van der Waals surface area contributed by atoms with Crippen LogP contribution in [0.1, 0.15) is 0 Å². The predicted molar refractivity (Wildman–Crippen MR) is 64.3 cm³/mol. The number of anilines is 1. The molecule has 0 aliphatic carbocycles. The number of carbonyl (C=O) groups is 1. The highest BCUT2D eigenvalue weighted by molar-refractivity contribution is 9.18. The van der Waals surface area contributed by atoms with Gasteiger partial charge in [-0.2, -0.15) is 0 Å². The molecule has 0 aliphatic heterocycles. The van der Waals surface area contributed by atoms with Crippen LogP contribution in [0.3, 0.4) is 0 Å². The van der Waals surface area contributed by atoms with Gasteiger partial charge >= 0.3 is 0 Å². The molecule has 1 aromatic rings. The van der Waals surface area contributed by atoms with Gasteiger partial charge in [-0.25, -0.2) is 8.42 Å². The molecule has 7 heteroatoms. The normalized spacial score (nSPS) is 10.9. The second kappa shape index (κ2) is 5.31. The average Bonchev–Trinajstić information content (AvgIpc) is 2.14. The lowest BCUT2D eigenvalue weighted by Crippen LogP contribution is -2.09. The molecule has 0 unspecified atom stereocenters. The summed E-state index contributed by atoms with van der Waals surface area (Å²) < 4.78 is 28.9. The van der Waals surface area contributed by atoms with Gasteiger partial charge < -0.3 is 4.74 Å². The van der Waals surface area contributed by atoms with Crippen molar-refractivity contribution in [2.45, 2.75) is 0 Å². The van der Waals surface area contributed by atoms with E-state index in [4.69, 9.17) is 4.74 Å². The number of ether oxygens (including phenoxy) is 1. The summed E-state index contributed by atoms with van der Waals surface area (Å²) in [6.07, 6.45) is 1.07. The SMILES string of the molecule is CS(=O)(=O)Nc1ccc(OCC(=O)Br)cc1. The number of sulfonamides is 1. The van der Waals surface area contributed by atoms with Crippen molar-refractivity contribution < 1.29 is 17.9 Å². The molecule has 0 spiro atoms. The quantitative estimate of drug-likeness (QED) is 0.834. The average molecular weight is 308 g/mol. The first-order chi connectivity index (χ1) is 7.37. The summed E-state index contributed by atoms with van der Waals surface area (Å²) in [5.74, 6) is 0.492. The van der Waals surface area contributed by atoms with Crippen LogP contribution < -0.4 is 9.46 Å². The highest BCUT2D eigenvalue weighted by atomic mass is 79.9. The van der Waals surface area contributed by atoms with E-state index >= 15 is 0 Å². The fourth-order valence-corrected chi connectivity index (χ4v) is 1.65. The Kier molecular flexibility index (Phi) is 4.31. The van der Waals surface area contributed by atoms with E-state index in [1.807, 2.05) is 0 Å². The Morgan fingerprint density at radius 2 is 1.94 bits per heavy atom. The zero-order chi connectivity index (χ0) is 12.2. The molecule has 0 saturated heterocycles. The topological polar surface area (TPSA) is 72.5 Å². The molecular formula is C9H10BrNO4S. The molecule has 0 heterocycles. The van der Waals surface area contributed by atoms with Crippen LogP contribution in [0.4, 0.5) is 5.69 Å². The molecule has 0 fully saturated rings. The van der Waals surface area contributed by atoms with Gasteiger partial charge in [0.25, 0.3) is 0 Å². The lowest BCUT2D eigenvalue weighted by molar-refractivity contribution is -0.112. The van der Waals surface area contributed by atoms with Crippen molar-refractivity contribution in [1.82, 2.24) is 0 Å². The van der Waals surface area contributed by atoms with Crippen LogP contribution in [0, 0.1) is 0 Å². The van der Waals surface area contributed by atoms with Gasteiger partial charge in [0.15, 0.2) is 6.61 Å². The smallest absolute Gasteiger partial charge is 0.235 e. The van der Waals surface area contributed by atoms with Gasteiger partial charge in [-0.15, -0.1) is 0 Å². The minimum Gasteiger partial charge on any atom is -0.485 e. The molecule has 1 N–H and O–H groups in total. The van der Waals surface area contributed by atoms with Crippen LogP contribution >= 0.6 is 15.9 Å². The van der Waals surface area contributed by atoms with Gasteiger partial charge in [0, 0.05) is 5.69 Å². The third-order valence-electron chi connectivity index (χ3n) is 1.51. The van der Waals surface area contributed by atoms with Crippen molar-refractivity contribution in [2.75, 3.05) is 17.6 Å². The molecule has 0 aliphatic rings. The summed E-state index contributed by atoms with van der Waals surface area (Å²) in [6.45, 7) is -0.0706. The first kappa shape index (κ1) is 13.0. The van der Waals surface area contributed by atoms with Crippen molar-refractivity contribution >= 4 is 36.3 Å². The molecule has 0 saturated carbocycles. The second-order valence-corrected chi connectivity index (χ2v) is 5.68. The zero-order valence-electron chi connectivity index (χ0n) is 8.44. The minimum atomic E-state index is -3.27. The summed E-state index contributed by atoms with van der Waals surface area (Å²) in [4.78, 5) is 10.6. The van der Waals surface area contributed by atoms with Crippen molar-refractivity contribution in [3.63, 3.8) is 0 Å². The molecule has 0 atom stereocenters. The Morgan fingerprint density at radius 3 is 2.38 bits per heavy atom. The number of rotatable bonds is 5. The van der Waals surface area contributed by atoms with Gasteiger partial charge in [-0.3, -0.25) is 9.52 Å². The van der Waals surface area contributed by atoms with Gasteiger partial charge in [0.1, 0.15) is 5.75 Å². The third kappa shape index (κ3) is 5.13. The molecule has 5 nitrogen and oxygen atoms in total. The monoisotopic (exact) mass is 307 g/mol. The van der Waals surface area contributed by atoms with Gasteiger partial charge in [-0.05, 0) is 40.2 Å². The molecule has 16 heavy (non-hydrogen) atoms. The van der Waals surface area contributed by atoms with E-state index < -0.39 is 10.0 Å². The molecule has 1 aromatic carbocycles. The number of hydrogen-bond donors (Lipinski definition) is 1. The van der Waals surface area contributed by atoms with Crippen molar-refractivity contribution in [3.05, 3.63) is 24.3 Å².